The monoisotopic (exact) mass is 302 g/mol. The Morgan fingerprint density at radius 3 is 2.95 bits per heavy atom. The highest BCUT2D eigenvalue weighted by Crippen LogP contribution is 2.18. The van der Waals surface area contributed by atoms with Crippen LogP contribution in [0, 0.1) is 0 Å². The number of rotatable bonds is 5. The molecule has 1 atom stereocenters. The second-order valence-electron chi connectivity index (χ2n) is 5.19. The fraction of sp³-hybridized carbons (Fsp3) is 0.400. The molecule has 1 saturated heterocycles. The minimum atomic E-state index is -0.266. The number of aromatic nitrogens is 2. The Balaban J connectivity index is 1.80. The normalized spacial score (nSPS) is 17.5. The lowest BCUT2D eigenvalue weighted by Crippen LogP contribution is -2.37. The SMILES string of the molecule is Nc1nccnc1C(=O)N(Cc1ccco1)C[C@@H]1CCCO1. The van der Waals surface area contributed by atoms with Crippen molar-refractivity contribution in [3.8, 4) is 0 Å². The zero-order valence-corrected chi connectivity index (χ0v) is 12.1. The van der Waals surface area contributed by atoms with Crippen LogP contribution < -0.4 is 5.73 Å². The fourth-order valence-electron chi connectivity index (χ4n) is 2.51. The number of nitrogen functional groups attached to an aromatic ring is 1. The highest BCUT2D eigenvalue weighted by Gasteiger charge is 2.26. The summed E-state index contributed by atoms with van der Waals surface area (Å²) in [4.78, 5) is 22.4. The number of nitrogens with zero attached hydrogens (tertiary/aromatic N) is 3. The number of carbonyl (C=O) groups excluding carboxylic acids is 1. The maximum atomic E-state index is 12.7. The van der Waals surface area contributed by atoms with Crippen LogP contribution in [0.25, 0.3) is 0 Å². The zero-order chi connectivity index (χ0) is 15.4. The largest absolute Gasteiger partial charge is 0.467 e. The Labute approximate surface area is 128 Å². The summed E-state index contributed by atoms with van der Waals surface area (Å²) in [6.07, 6.45) is 6.50. The third-order valence-corrected chi connectivity index (χ3v) is 3.59. The summed E-state index contributed by atoms with van der Waals surface area (Å²) in [7, 11) is 0. The van der Waals surface area contributed by atoms with Gasteiger partial charge in [0.1, 0.15) is 5.76 Å². The van der Waals surface area contributed by atoms with Crippen molar-refractivity contribution in [2.45, 2.75) is 25.5 Å². The molecule has 0 radical (unpaired) electrons. The van der Waals surface area contributed by atoms with E-state index in [1.54, 1.807) is 17.2 Å². The van der Waals surface area contributed by atoms with E-state index in [0.717, 1.165) is 19.4 Å². The van der Waals surface area contributed by atoms with Gasteiger partial charge in [-0.1, -0.05) is 0 Å². The molecule has 22 heavy (non-hydrogen) atoms. The van der Waals surface area contributed by atoms with Gasteiger partial charge in [-0.3, -0.25) is 4.79 Å². The molecule has 0 saturated carbocycles. The Hall–Kier alpha value is -2.41. The van der Waals surface area contributed by atoms with E-state index in [1.807, 2.05) is 6.07 Å². The Bertz CT molecular complexity index is 623. The molecule has 1 aliphatic rings. The van der Waals surface area contributed by atoms with Crippen LogP contribution in [0.3, 0.4) is 0 Å². The van der Waals surface area contributed by atoms with E-state index >= 15 is 0 Å². The van der Waals surface area contributed by atoms with E-state index in [4.69, 9.17) is 14.9 Å². The number of hydrogen-bond acceptors (Lipinski definition) is 6. The minimum Gasteiger partial charge on any atom is -0.467 e. The van der Waals surface area contributed by atoms with Crippen LogP contribution in [0.5, 0.6) is 0 Å². The number of ether oxygens (including phenoxy) is 1. The Morgan fingerprint density at radius 1 is 1.41 bits per heavy atom. The molecule has 1 aliphatic heterocycles. The smallest absolute Gasteiger partial charge is 0.276 e. The summed E-state index contributed by atoms with van der Waals surface area (Å²) < 4.78 is 11.0. The maximum absolute atomic E-state index is 12.7. The maximum Gasteiger partial charge on any atom is 0.276 e. The second-order valence-corrected chi connectivity index (χ2v) is 5.19. The van der Waals surface area contributed by atoms with E-state index in [-0.39, 0.29) is 23.5 Å². The molecule has 3 heterocycles. The standard InChI is InChI=1S/C15H18N4O3/c16-14-13(17-5-6-18-14)15(20)19(9-11-3-1-7-21-11)10-12-4-2-8-22-12/h1,3,5-7,12H,2,4,8-10H2,(H2,16,18)/t12-/m0/s1. The fourth-order valence-corrected chi connectivity index (χ4v) is 2.51. The van der Waals surface area contributed by atoms with Gasteiger partial charge >= 0.3 is 0 Å². The van der Waals surface area contributed by atoms with Gasteiger partial charge in [-0.05, 0) is 25.0 Å². The van der Waals surface area contributed by atoms with E-state index < -0.39 is 0 Å². The highest BCUT2D eigenvalue weighted by atomic mass is 16.5. The Kier molecular flexibility index (Phi) is 4.34. The van der Waals surface area contributed by atoms with Gasteiger partial charge in [0.15, 0.2) is 11.5 Å². The first-order chi connectivity index (χ1) is 10.7. The molecule has 2 N–H and O–H groups in total. The van der Waals surface area contributed by atoms with Gasteiger partial charge in [-0.2, -0.15) is 0 Å². The number of carbonyl (C=O) groups is 1. The summed E-state index contributed by atoms with van der Waals surface area (Å²) in [6, 6.07) is 3.62. The summed E-state index contributed by atoms with van der Waals surface area (Å²) in [5.74, 6) is 0.565. The molecule has 0 aliphatic carbocycles. The van der Waals surface area contributed by atoms with Crippen molar-refractivity contribution in [1.29, 1.82) is 0 Å². The van der Waals surface area contributed by atoms with Crippen LogP contribution in [-0.2, 0) is 11.3 Å². The molecule has 0 aromatic carbocycles. The molecular formula is C15H18N4O3. The molecule has 0 spiro atoms. The van der Waals surface area contributed by atoms with Crippen molar-refractivity contribution in [3.63, 3.8) is 0 Å². The number of anilines is 1. The molecule has 7 heteroatoms. The number of furan rings is 1. The van der Waals surface area contributed by atoms with Crippen LogP contribution >= 0.6 is 0 Å². The van der Waals surface area contributed by atoms with E-state index in [9.17, 15) is 4.79 Å². The van der Waals surface area contributed by atoms with Crippen molar-refractivity contribution in [1.82, 2.24) is 14.9 Å². The van der Waals surface area contributed by atoms with Gasteiger partial charge in [0.25, 0.3) is 5.91 Å². The molecule has 3 rings (SSSR count). The highest BCUT2D eigenvalue weighted by molar-refractivity contribution is 5.96. The first-order valence-electron chi connectivity index (χ1n) is 7.24. The van der Waals surface area contributed by atoms with Gasteiger partial charge in [-0.15, -0.1) is 0 Å². The van der Waals surface area contributed by atoms with Gasteiger partial charge in [0, 0.05) is 25.5 Å². The summed E-state index contributed by atoms with van der Waals surface area (Å²) in [5.41, 5.74) is 5.92. The molecule has 116 valence electrons. The van der Waals surface area contributed by atoms with Crippen LogP contribution in [0.2, 0.25) is 0 Å². The number of amides is 1. The third-order valence-electron chi connectivity index (χ3n) is 3.59. The molecule has 1 fully saturated rings. The lowest BCUT2D eigenvalue weighted by molar-refractivity contribution is 0.0487. The summed E-state index contributed by atoms with van der Waals surface area (Å²) >= 11 is 0. The quantitative estimate of drug-likeness (QED) is 0.898. The first kappa shape index (κ1) is 14.5. The molecule has 0 unspecified atom stereocenters. The average molecular weight is 302 g/mol. The summed E-state index contributed by atoms with van der Waals surface area (Å²) in [5, 5.41) is 0. The van der Waals surface area contributed by atoms with Gasteiger partial charge in [0.05, 0.1) is 18.9 Å². The molecule has 2 aromatic rings. The van der Waals surface area contributed by atoms with Crippen LogP contribution in [0.4, 0.5) is 5.82 Å². The molecule has 0 bridgehead atoms. The van der Waals surface area contributed by atoms with E-state index in [1.165, 1.54) is 12.4 Å². The number of nitrogens with two attached hydrogens (primary N) is 1. The molecule has 7 nitrogen and oxygen atoms in total. The van der Waals surface area contributed by atoms with Gasteiger partial charge in [0.2, 0.25) is 0 Å². The van der Waals surface area contributed by atoms with Gasteiger partial charge < -0.3 is 19.8 Å². The lowest BCUT2D eigenvalue weighted by atomic mass is 10.2. The van der Waals surface area contributed by atoms with E-state index in [2.05, 4.69) is 9.97 Å². The van der Waals surface area contributed by atoms with Gasteiger partial charge in [-0.25, -0.2) is 9.97 Å². The van der Waals surface area contributed by atoms with Crippen molar-refractivity contribution in [3.05, 3.63) is 42.2 Å². The molecule has 2 aromatic heterocycles. The zero-order valence-electron chi connectivity index (χ0n) is 12.1. The van der Waals surface area contributed by atoms with Crippen LogP contribution in [0.15, 0.2) is 35.2 Å². The summed E-state index contributed by atoms with van der Waals surface area (Å²) in [6.45, 7) is 1.57. The Morgan fingerprint density at radius 2 is 2.27 bits per heavy atom. The minimum absolute atomic E-state index is 0.0387. The van der Waals surface area contributed by atoms with Crippen LogP contribution in [-0.4, -0.2) is 40.0 Å². The predicted molar refractivity (Wildman–Crippen MR) is 78.9 cm³/mol. The topological polar surface area (TPSA) is 94.5 Å². The third kappa shape index (κ3) is 3.25. The average Bonchev–Trinajstić information content (AvgIpc) is 3.20. The lowest BCUT2D eigenvalue weighted by Gasteiger charge is -2.24. The molecule has 1 amide bonds. The molecular weight excluding hydrogens is 284 g/mol. The second kappa shape index (κ2) is 6.57. The van der Waals surface area contributed by atoms with Crippen LogP contribution in [0.1, 0.15) is 29.1 Å². The predicted octanol–water partition coefficient (Wildman–Crippen LogP) is 1.47. The van der Waals surface area contributed by atoms with Crippen molar-refractivity contribution < 1.29 is 13.9 Å². The van der Waals surface area contributed by atoms with Crippen molar-refractivity contribution in [2.75, 3.05) is 18.9 Å². The first-order valence-corrected chi connectivity index (χ1v) is 7.24. The number of hydrogen-bond donors (Lipinski definition) is 1. The van der Waals surface area contributed by atoms with Crippen molar-refractivity contribution >= 4 is 11.7 Å². The van der Waals surface area contributed by atoms with E-state index in [0.29, 0.717) is 18.8 Å². The van der Waals surface area contributed by atoms with Crippen molar-refractivity contribution in [2.24, 2.45) is 0 Å².